The molecule has 3 rings (SSSR count). The van der Waals surface area contributed by atoms with Crippen molar-refractivity contribution in [1.82, 2.24) is 9.55 Å². The molecule has 24 heavy (non-hydrogen) atoms. The van der Waals surface area contributed by atoms with E-state index in [9.17, 15) is 5.26 Å². The van der Waals surface area contributed by atoms with E-state index >= 15 is 0 Å². The number of nitrogens with zero attached hydrogens (tertiary/aromatic N) is 3. The number of aryl methyl sites for hydroxylation is 1. The van der Waals surface area contributed by atoms with Gasteiger partial charge in [0.25, 0.3) is 0 Å². The van der Waals surface area contributed by atoms with Gasteiger partial charge in [-0.15, -0.1) is 0 Å². The third-order valence-corrected chi connectivity index (χ3v) is 4.18. The monoisotopic (exact) mass is 333 g/mol. The summed E-state index contributed by atoms with van der Waals surface area (Å²) >= 11 is 6.04. The van der Waals surface area contributed by atoms with Crippen molar-refractivity contribution >= 4 is 23.3 Å². The van der Waals surface area contributed by atoms with Gasteiger partial charge in [0.2, 0.25) is 0 Å². The van der Waals surface area contributed by atoms with Crippen molar-refractivity contribution in [3.8, 4) is 11.8 Å². The number of rotatable bonds is 3. The lowest BCUT2D eigenvalue weighted by molar-refractivity contribution is 0.960. The van der Waals surface area contributed by atoms with Crippen molar-refractivity contribution < 1.29 is 0 Å². The molecule has 118 valence electrons. The predicted octanol–water partition coefficient (Wildman–Crippen LogP) is 5.21. The second kappa shape index (κ2) is 6.74. The minimum atomic E-state index is 0.590. The van der Waals surface area contributed by atoms with Gasteiger partial charge in [-0.2, -0.15) is 5.26 Å². The Morgan fingerprint density at radius 2 is 1.92 bits per heavy atom. The summed E-state index contributed by atoms with van der Waals surface area (Å²) < 4.78 is 2.15. The highest BCUT2D eigenvalue weighted by atomic mass is 35.5. The first kappa shape index (κ1) is 16.0. The van der Waals surface area contributed by atoms with Gasteiger partial charge in [-0.3, -0.25) is 4.98 Å². The van der Waals surface area contributed by atoms with Crippen molar-refractivity contribution in [2.75, 3.05) is 0 Å². The van der Waals surface area contributed by atoms with Gasteiger partial charge in [0.15, 0.2) is 0 Å². The zero-order chi connectivity index (χ0) is 17.1. The molecule has 2 heterocycles. The van der Waals surface area contributed by atoms with Crippen molar-refractivity contribution in [3.05, 3.63) is 82.4 Å². The summed E-state index contributed by atoms with van der Waals surface area (Å²) in [7, 11) is 0. The quantitative estimate of drug-likeness (QED) is 0.617. The molecule has 0 spiro atoms. The Morgan fingerprint density at radius 1 is 1.17 bits per heavy atom. The van der Waals surface area contributed by atoms with Gasteiger partial charge in [0, 0.05) is 34.5 Å². The minimum absolute atomic E-state index is 0.590. The average Bonchev–Trinajstić information content (AvgIpc) is 2.87. The van der Waals surface area contributed by atoms with Gasteiger partial charge < -0.3 is 4.57 Å². The molecule has 0 amide bonds. The van der Waals surface area contributed by atoms with Crippen LogP contribution in [0.4, 0.5) is 0 Å². The van der Waals surface area contributed by atoms with Crippen LogP contribution in [0.3, 0.4) is 0 Å². The molecule has 4 heteroatoms. The van der Waals surface area contributed by atoms with E-state index in [0.717, 1.165) is 28.2 Å². The van der Waals surface area contributed by atoms with Crippen LogP contribution in [0.5, 0.6) is 0 Å². The molecule has 0 N–H and O–H groups in total. The van der Waals surface area contributed by atoms with Gasteiger partial charge in [0.05, 0.1) is 11.6 Å². The molecular weight excluding hydrogens is 318 g/mol. The lowest BCUT2D eigenvalue weighted by Gasteiger charge is -2.09. The summed E-state index contributed by atoms with van der Waals surface area (Å²) in [5.74, 6) is 0. The van der Waals surface area contributed by atoms with Crippen LogP contribution in [0.25, 0.3) is 17.3 Å². The van der Waals surface area contributed by atoms with Gasteiger partial charge in [-0.1, -0.05) is 23.7 Å². The first-order valence-corrected chi connectivity index (χ1v) is 7.95. The molecule has 0 unspecified atom stereocenters. The number of aromatic nitrogens is 2. The van der Waals surface area contributed by atoms with E-state index in [1.165, 1.54) is 0 Å². The fourth-order valence-corrected chi connectivity index (χ4v) is 3.01. The maximum atomic E-state index is 9.54. The fourth-order valence-electron chi connectivity index (χ4n) is 2.82. The Bertz CT molecular complexity index is 947. The maximum Gasteiger partial charge on any atom is 0.0998 e. The van der Waals surface area contributed by atoms with Crippen LogP contribution in [0.2, 0.25) is 5.02 Å². The van der Waals surface area contributed by atoms with E-state index in [1.807, 2.05) is 37.3 Å². The summed E-state index contributed by atoms with van der Waals surface area (Å²) in [5.41, 5.74) is 5.66. The van der Waals surface area contributed by atoms with Crippen molar-refractivity contribution in [1.29, 1.82) is 5.26 Å². The van der Waals surface area contributed by atoms with Crippen molar-refractivity contribution in [3.63, 3.8) is 0 Å². The summed E-state index contributed by atoms with van der Waals surface area (Å²) in [6, 6.07) is 15.6. The molecule has 0 atom stereocenters. The number of halogens is 1. The number of allylic oxidation sites excluding steroid dienone is 1. The molecular formula is C20H16ClN3. The molecule has 0 aliphatic carbocycles. The Kier molecular flexibility index (Phi) is 4.50. The molecule has 0 saturated heterocycles. The van der Waals surface area contributed by atoms with E-state index < -0.39 is 0 Å². The highest BCUT2D eigenvalue weighted by Gasteiger charge is 2.11. The second-order valence-electron chi connectivity index (χ2n) is 5.55. The first-order chi connectivity index (χ1) is 11.6. The standard InChI is InChI=1S/C20H16ClN3/c1-14-10-17(15(2)24(14)20-6-8-23-9-7-20)11-18(13-22)16-4-3-5-19(21)12-16/h3-12H,1-2H3/b18-11+. The Balaban J connectivity index is 2.09. The largest absolute Gasteiger partial charge is 0.318 e. The fraction of sp³-hybridized carbons (Fsp3) is 0.100. The van der Waals surface area contributed by atoms with Gasteiger partial charge >= 0.3 is 0 Å². The summed E-state index contributed by atoms with van der Waals surface area (Å²) in [6.07, 6.45) is 5.46. The molecule has 0 radical (unpaired) electrons. The molecule has 0 aliphatic rings. The molecule has 0 saturated carbocycles. The molecule has 0 fully saturated rings. The minimum Gasteiger partial charge on any atom is -0.318 e. The maximum absolute atomic E-state index is 9.54. The SMILES string of the molecule is Cc1cc(/C=C(\C#N)c2cccc(Cl)c2)c(C)n1-c1ccncc1. The van der Waals surface area contributed by atoms with Gasteiger partial charge in [-0.25, -0.2) is 0 Å². The summed E-state index contributed by atoms with van der Waals surface area (Å²) in [6.45, 7) is 4.10. The van der Waals surface area contributed by atoms with Crippen molar-refractivity contribution in [2.24, 2.45) is 0 Å². The lowest BCUT2D eigenvalue weighted by Crippen LogP contribution is -1.98. The van der Waals surface area contributed by atoms with E-state index in [1.54, 1.807) is 24.5 Å². The summed E-state index contributed by atoms with van der Waals surface area (Å²) in [5, 5.41) is 10.2. The molecule has 0 bridgehead atoms. The third-order valence-electron chi connectivity index (χ3n) is 3.95. The number of nitriles is 1. The van der Waals surface area contributed by atoms with Crippen LogP contribution in [0.1, 0.15) is 22.5 Å². The highest BCUT2D eigenvalue weighted by Crippen LogP contribution is 2.26. The number of hydrogen-bond donors (Lipinski definition) is 0. The first-order valence-electron chi connectivity index (χ1n) is 7.57. The molecule has 3 aromatic rings. The zero-order valence-corrected chi connectivity index (χ0v) is 14.2. The van der Waals surface area contributed by atoms with Crippen LogP contribution >= 0.6 is 11.6 Å². The van der Waals surface area contributed by atoms with Gasteiger partial charge in [0.1, 0.15) is 0 Å². The predicted molar refractivity (Wildman–Crippen MR) is 98.0 cm³/mol. The van der Waals surface area contributed by atoms with Gasteiger partial charge in [-0.05, 0) is 61.4 Å². The average molecular weight is 334 g/mol. The molecule has 2 aromatic heterocycles. The number of hydrogen-bond acceptors (Lipinski definition) is 2. The highest BCUT2D eigenvalue weighted by molar-refractivity contribution is 6.30. The van der Waals surface area contributed by atoms with Crippen LogP contribution in [0, 0.1) is 25.2 Å². The lowest BCUT2D eigenvalue weighted by atomic mass is 10.0. The zero-order valence-electron chi connectivity index (χ0n) is 13.5. The van der Waals surface area contributed by atoms with E-state index in [-0.39, 0.29) is 0 Å². The normalized spacial score (nSPS) is 11.3. The van der Waals surface area contributed by atoms with E-state index in [2.05, 4.69) is 28.6 Å². The molecule has 0 aliphatic heterocycles. The topological polar surface area (TPSA) is 41.6 Å². The molecule has 3 nitrogen and oxygen atoms in total. The Hall–Kier alpha value is -2.83. The molecule has 1 aromatic carbocycles. The van der Waals surface area contributed by atoms with E-state index in [0.29, 0.717) is 10.6 Å². The van der Waals surface area contributed by atoms with Crippen LogP contribution in [-0.2, 0) is 0 Å². The summed E-state index contributed by atoms with van der Waals surface area (Å²) in [4.78, 5) is 4.07. The van der Waals surface area contributed by atoms with E-state index in [4.69, 9.17) is 11.6 Å². The number of benzene rings is 1. The smallest absolute Gasteiger partial charge is 0.0998 e. The van der Waals surface area contributed by atoms with Crippen LogP contribution in [-0.4, -0.2) is 9.55 Å². The Morgan fingerprint density at radius 3 is 2.58 bits per heavy atom. The van der Waals surface area contributed by atoms with Crippen LogP contribution < -0.4 is 0 Å². The Labute approximate surface area is 146 Å². The number of pyridine rings is 1. The second-order valence-corrected chi connectivity index (χ2v) is 5.98. The van der Waals surface area contributed by atoms with Crippen molar-refractivity contribution in [2.45, 2.75) is 13.8 Å². The third kappa shape index (κ3) is 3.10. The van der Waals surface area contributed by atoms with Crippen LogP contribution in [0.15, 0.2) is 54.9 Å².